The van der Waals surface area contributed by atoms with Crippen molar-refractivity contribution in [2.45, 2.75) is 0 Å². The average Bonchev–Trinajstić information content (AvgIpc) is 3.32. The number of hydrazone groups is 1. The van der Waals surface area contributed by atoms with Crippen molar-refractivity contribution in [1.82, 2.24) is 10.4 Å². The number of para-hydroxylation sites is 2. The third-order valence-corrected chi connectivity index (χ3v) is 5.39. The number of carbonyl (C=O) groups excluding carboxylic acids is 2. The Labute approximate surface area is 200 Å². The molecule has 170 valence electrons. The fraction of sp³-hybridized carbons (Fsp3) is 0.0400. The average molecular weight is 472 g/mol. The number of carbonyl (C=O) groups is 2. The van der Waals surface area contributed by atoms with Crippen molar-refractivity contribution in [3.05, 3.63) is 95.4 Å². The Morgan fingerprint density at radius 3 is 2.50 bits per heavy atom. The molecule has 2 amide bonds. The topological polar surface area (TPSA) is 119 Å². The monoisotopic (exact) mass is 471 g/mol. The number of amides is 2. The van der Waals surface area contributed by atoms with Gasteiger partial charge in [0.25, 0.3) is 11.8 Å². The predicted octanol–water partition coefficient (Wildman–Crippen LogP) is 4.18. The minimum absolute atomic E-state index is 0.244. The fourth-order valence-electron chi connectivity index (χ4n) is 2.99. The molecule has 0 aliphatic rings. The summed E-state index contributed by atoms with van der Waals surface area (Å²) in [4.78, 5) is 28.0. The van der Waals surface area contributed by atoms with Crippen LogP contribution in [0.2, 0.25) is 0 Å². The predicted molar refractivity (Wildman–Crippen MR) is 133 cm³/mol. The van der Waals surface area contributed by atoms with Crippen LogP contribution in [0.3, 0.4) is 0 Å². The van der Waals surface area contributed by atoms with Gasteiger partial charge in [-0.05, 0) is 36.4 Å². The minimum Gasteiger partial charge on any atom is -0.483 e. The van der Waals surface area contributed by atoms with Crippen LogP contribution in [0, 0.1) is 0 Å². The molecule has 0 atom stereocenters. The molecule has 0 saturated heterocycles. The first-order valence-corrected chi connectivity index (χ1v) is 11.2. The van der Waals surface area contributed by atoms with E-state index in [1.807, 2.05) is 47.8 Å². The molecule has 9 heteroatoms. The van der Waals surface area contributed by atoms with E-state index in [2.05, 4.69) is 20.8 Å². The van der Waals surface area contributed by atoms with Crippen molar-refractivity contribution >= 4 is 40.2 Å². The number of rotatable bonds is 9. The number of nitrogens with zero attached hydrogens (tertiary/aromatic N) is 2. The van der Waals surface area contributed by atoms with Crippen LogP contribution < -0.4 is 21.2 Å². The van der Waals surface area contributed by atoms with Crippen molar-refractivity contribution in [3.63, 3.8) is 0 Å². The molecule has 0 aliphatic heterocycles. The van der Waals surface area contributed by atoms with Gasteiger partial charge in [0.2, 0.25) is 0 Å². The Hall–Kier alpha value is -4.50. The second-order valence-electron chi connectivity index (χ2n) is 7.10. The Morgan fingerprint density at radius 1 is 1.00 bits per heavy atom. The highest BCUT2D eigenvalue weighted by molar-refractivity contribution is 7.14. The van der Waals surface area contributed by atoms with Gasteiger partial charge in [0, 0.05) is 27.8 Å². The van der Waals surface area contributed by atoms with Gasteiger partial charge in [0.15, 0.2) is 11.7 Å². The van der Waals surface area contributed by atoms with E-state index in [0.29, 0.717) is 16.9 Å². The minimum atomic E-state index is -0.579. The van der Waals surface area contributed by atoms with Crippen molar-refractivity contribution in [2.24, 2.45) is 10.8 Å². The molecule has 0 fully saturated rings. The summed E-state index contributed by atoms with van der Waals surface area (Å²) in [6.45, 7) is -0.244. The van der Waals surface area contributed by atoms with Gasteiger partial charge in [-0.15, -0.1) is 11.3 Å². The number of benzene rings is 3. The molecule has 4 N–H and O–H groups in total. The number of anilines is 2. The van der Waals surface area contributed by atoms with E-state index in [1.54, 1.807) is 36.4 Å². The zero-order valence-corrected chi connectivity index (χ0v) is 18.8. The quantitative estimate of drug-likeness (QED) is 0.250. The van der Waals surface area contributed by atoms with E-state index < -0.39 is 5.91 Å². The number of hydrogen-bond donors (Lipinski definition) is 3. The van der Waals surface area contributed by atoms with Gasteiger partial charge in [-0.2, -0.15) is 5.10 Å². The second-order valence-corrected chi connectivity index (χ2v) is 7.96. The van der Waals surface area contributed by atoms with Gasteiger partial charge in [-0.3, -0.25) is 9.59 Å². The van der Waals surface area contributed by atoms with Crippen molar-refractivity contribution in [2.75, 3.05) is 11.9 Å². The van der Waals surface area contributed by atoms with Gasteiger partial charge in [-0.25, -0.2) is 10.4 Å². The van der Waals surface area contributed by atoms with Crippen LogP contribution in [0.4, 0.5) is 10.8 Å². The highest BCUT2D eigenvalue weighted by Gasteiger charge is 2.08. The fourth-order valence-corrected chi connectivity index (χ4v) is 3.73. The highest BCUT2D eigenvalue weighted by atomic mass is 32.1. The molecule has 0 bridgehead atoms. The van der Waals surface area contributed by atoms with Gasteiger partial charge >= 0.3 is 0 Å². The number of nitrogens with two attached hydrogens (primary N) is 1. The standard InChI is InChI=1S/C25H21N5O3S/c26-23(31)15-33-22-9-5-4-6-19(22)14-27-30-24(32)18-12-10-17(11-13-18)21-16-34-25(29-21)28-20-7-2-1-3-8-20/h1-14,16H,15H2,(H2,26,31)(H,28,29)(H,30,32)/b27-14+. The highest BCUT2D eigenvalue weighted by Crippen LogP contribution is 2.27. The molecule has 4 rings (SSSR count). The molecule has 0 unspecified atom stereocenters. The summed E-state index contributed by atoms with van der Waals surface area (Å²) in [7, 11) is 0. The zero-order valence-electron chi connectivity index (χ0n) is 18.0. The maximum atomic E-state index is 12.4. The molecule has 0 spiro atoms. The largest absolute Gasteiger partial charge is 0.483 e. The molecule has 0 radical (unpaired) electrons. The van der Waals surface area contributed by atoms with Crippen molar-refractivity contribution < 1.29 is 14.3 Å². The Bertz CT molecular complexity index is 1300. The van der Waals surface area contributed by atoms with Crippen molar-refractivity contribution in [3.8, 4) is 17.0 Å². The number of hydrogen-bond acceptors (Lipinski definition) is 7. The summed E-state index contributed by atoms with van der Waals surface area (Å²) in [5.41, 5.74) is 11.4. The molecule has 4 aromatic rings. The van der Waals surface area contributed by atoms with Crippen LogP contribution >= 0.6 is 11.3 Å². The van der Waals surface area contributed by atoms with Crippen LogP contribution in [0.5, 0.6) is 5.75 Å². The lowest BCUT2D eigenvalue weighted by molar-refractivity contribution is -0.119. The summed E-state index contributed by atoms with van der Waals surface area (Å²) >= 11 is 1.51. The Balaban J connectivity index is 1.36. The normalized spacial score (nSPS) is 10.7. The summed E-state index contributed by atoms with van der Waals surface area (Å²) in [5.74, 6) is -0.499. The number of nitrogens with one attached hydrogen (secondary N) is 2. The van der Waals surface area contributed by atoms with Gasteiger partial charge in [0.1, 0.15) is 5.75 Å². The maximum absolute atomic E-state index is 12.4. The third kappa shape index (κ3) is 6.05. The van der Waals surface area contributed by atoms with Crippen LogP contribution in [0.1, 0.15) is 15.9 Å². The molecular formula is C25H21N5O3S. The molecule has 0 saturated carbocycles. The maximum Gasteiger partial charge on any atom is 0.271 e. The van der Waals surface area contributed by atoms with Gasteiger partial charge in [0.05, 0.1) is 11.9 Å². The molecule has 34 heavy (non-hydrogen) atoms. The SMILES string of the molecule is NC(=O)COc1ccccc1/C=N/NC(=O)c1ccc(-c2csc(Nc3ccccc3)n2)cc1. The first-order chi connectivity index (χ1) is 16.6. The molecule has 0 aliphatic carbocycles. The van der Waals surface area contributed by atoms with E-state index in [0.717, 1.165) is 22.1 Å². The van der Waals surface area contributed by atoms with Gasteiger partial charge < -0.3 is 15.8 Å². The van der Waals surface area contributed by atoms with E-state index in [-0.39, 0.29) is 12.5 Å². The van der Waals surface area contributed by atoms with E-state index >= 15 is 0 Å². The lowest BCUT2D eigenvalue weighted by Crippen LogP contribution is -2.20. The first kappa shape index (κ1) is 22.7. The van der Waals surface area contributed by atoms with E-state index in [9.17, 15) is 9.59 Å². The Kier molecular flexibility index (Phi) is 7.26. The third-order valence-electron chi connectivity index (χ3n) is 4.63. The number of aromatic nitrogens is 1. The lowest BCUT2D eigenvalue weighted by atomic mass is 10.1. The van der Waals surface area contributed by atoms with Crippen LogP contribution in [-0.2, 0) is 4.79 Å². The number of ether oxygens (including phenoxy) is 1. The summed E-state index contributed by atoms with van der Waals surface area (Å²) in [6, 6.07) is 23.9. The van der Waals surface area contributed by atoms with E-state index in [4.69, 9.17) is 10.5 Å². The number of thiazole rings is 1. The summed E-state index contributed by atoms with van der Waals surface area (Å²) < 4.78 is 5.34. The Morgan fingerprint density at radius 2 is 1.74 bits per heavy atom. The van der Waals surface area contributed by atoms with Crippen molar-refractivity contribution in [1.29, 1.82) is 0 Å². The summed E-state index contributed by atoms with van der Waals surface area (Å²) in [5, 5.41) is 10.0. The van der Waals surface area contributed by atoms with Crippen LogP contribution in [-0.4, -0.2) is 29.6 Å². The zero-order chi connectivity index (χ0) is 23.8. The smallest absolute Gasteiger partial charge is 0.271 e. The van der Waals surface area contributed by atoms with Crippen LogP contribution in [0.25, 0.3) is 11.3 Å². The number of primary amides is 1. The first-order valence-electron chi connectivity index (χ1n) is 10.3. The van der Waals surface area contributed by atoms with Gasteiger partial charge in [-0.1, -0.05) is 42.5 Å². The molecule has 8 nitrogen and oxygen atoms in total. The molecule has 3 aromatic carbocycles. The lowest BCUT2D eigenvalue weighted by Gasteiger charge is -2.06. The second kappa shape index (κ2) is 10.9. The van der Waals surface area contributed by atoms with E-state index in [1.165, 1.54) is 17.6 Å². The van der Waals surface area contributed by atoms with Crippen LogP contribution in [0.15, 0.2) is 89.3 Å². The molecule has 1 aromatic heterocycles. The summed E-state index contributed by atoms with van der Waals surface area (Å²) in [6.07, 6.45) is 1.44. The molecular weight excluding hydrogens is 450 g/mol. The molecule has 1 heterocycles.